The SMILES string of the molecule is COc1ccc(C(=O)Nc2cnc3sc4cc(C)ccc4n3c2=O)cc1OC. The van der Waals surface area contributed by atoms with Crippen molar-refractivity contribution >= 4 is 38.1 Å². The largest absolute Gasteiger partial charge is 0.493 e. The van der Waals surface area contributed by atoms with E-state index in [1.54, 1.807) is 18.2 Å². The molecule has 0 radical (unpaired) electrons. The number of carbonyl (C=O) groups is 1. The van der Waals surface area contributed by atoms with E-state index in [-0.39, 0.29) is 11.2 Å². The lowest BCUT2D eigenvalue weighted by molar-refractivity contribution is 0.102. The summed E-state index contributed by atoms with van der Waals surface area (Å²) in [6.45, 7) is 1.99. The summed E-state index contributed by atoms with van der Waals surface area (Å²) in [6, 6.07) is 10.6. The van der Waals surface area contributed by atoms with Gasteiger partial charge < -0.3 is 14.8 Å². The predicted molar refractivity (Wildman–Crippen MR) is 109 cm³/mol. The Morgan fingerprint density at radius 1 is 1.11 bits per heavy atom. The number of amides is 1. The van der Waals surface area contributed by atoms with Crippen molar-refractivity contribution in [3.8, 4) is 11.5 Å². The van der Waals surface area contributed by atoms with Crippen LogP contribution in [0.5, 0.6) is 11.5 Å². The molecular weight excluding hydrogens is 378 g/mol. The smallest absolute Gasteiger partial charge is 0.282 e. The monoisotopic (exact) mass is 395 g/mol. The maximum atomic E-state index is 12.9. The first-order valence-electron chi connectivity index (χ1n) is 8.46. The molecule has 4 aromatic rings. The minimum absolute atomic E-state index is 0.109. The number of hydrogen-bond acceptors (Lipinski definition) is 6. The topological polar surface area (TPSA) is 81.9 Å². The number of nitrogens with one attached hydrogen (secondary N) is 1. The van der Waals surface area contributed by atoms with Gasteiger partial charge >= 0.3 is 0 Å². The Bertz CT molecular complexity index is 1280. The van der Waals surface area contributed by atoms with Crippen LogP contribution in [0.2, 0.25) is 0 Å². The molecule has 0 fully saturated rings. The molecule has 0 spiro atoms. The first-order chi connectivity index (χ1) is 13.5. The number of benzene rings is 2. The minimum Gasteiger partial charge on any atom is -0.493 e. The molecule has 0 aliphatic carbocycles. The molecule has 2 aromatic carbocycles. The fourth-order valence-electron chi connectivity index (χ4n) is 2.97. The van der Waals surface area contributed by atoms with Gasteiger partial charge in [-0.05, 0) is 42.8 Å². The van der Waals surface area contributed by atoms with Crippen LogP contribution < -0.4 is 20.3 Å². The Labute approximate surface area is 164 Å². The molecule has 2 aromatic heterocycles. The van der Waals surface area contributed by atoms with Crippen LogP contribution in [0.1, 0.15) is 15.9 Å². The molecule has 2 heterocycles. The highest BCUT2D eigenvalue weighted by molar-refractivity contribution is 7.23. The van der Waals surface area contributed by atoms with E-state index in [2.05, 4.69) is 10.3 Å². The number of ether oxygens (including phenoxy) is 2. The van der Waals surface area contributed by atoms with Crippen LogP contribution in [0.15, 0.2) is 47.4 Å². The van der Waals surface area contributed by atoms with Gasteiger partial charge in [0.15, 0.2) is 16.5 Å². The molecule has 0 aliphatic rings. The Morgan fingerprint density at radius 2 is 1.89 bits per heavy atom. The second-order valence-corrected chi connectivity index (χ2v) is 7.20. The van der Waals surface area contributed by atoms with Gasteiger partial charge in [0.1, 0.15) is 5.69 Å². The second kappa shape index (κ2) is 6.97. The van der Waals surface area contributed by atoms with Crippen molar-refractivity contribution in [1.82, 2.24) is 9.38 Å². The fourth-order valence-corrected chi connectivity index (χ4v) is 4.05. The van der Waals surface area contributed by atoms with E-state index in [0.717, 1.165) is 15.8 Å². The summed E-state index contributed by atoms with van der Waals surface area (Å²) in [4.78, 5) is 30.5. The molecule has 8 heteroatoms. The van der Waals surface area contributed by atoms with Crippen LogP contribution in [-0.4, -0.2) is 29.5 Å². The van der Waals surface area contributed by atoms with Gasteiger partial charge in [0.05, 0.1) is 30.6 Å². The summed E-state index contributed by atoms with van der Waals surface area (Å²) >= 11 is 1.43. The summed E-state index contributed by atoms with van der Waals surface area (Å²) in [6.07, 6.45) is 1.39. The summed E-state index contributed by atoms with van der Waals surface area (Å²) in [5.74, 6) is 0.511. The molecule has 142 valence electrons. The number of thiazole rings is 1. The molecule has 4 rings (SSSR count). The number of anilines is 1. The number of hydrogen-bond donors (Lipinski definition) is 1. The summed E-state index contributed by atoms with van der Waals surface area (Å²) in [5.41, 5.74) is 2.00. The van der Waals surface area contributed by atoms with E-state index >= 15 is 0 Å². The number of nitrogens with zero attached hydrogens (tertiary/aromatic N) is 2. The van der Waals surface area contributed by atoms with Crippen molar-refractivity contribution in [2.45, 2.75) is 6.92 Å². The zero-order valence-electron chi connectivity index (χ0n) is 15.5. The van der Waals surface area contributed by atoms with Gasteiger partial charge in [-0.2, -0.15) is 0 Å². The average molecular weight is 395 g/mol. The number of aryl methyl sites for hydroxylation is 1. The van der Waals surface area contributed by atoms with Crippen molar-refractivity contribution in [3.05, 3.63) is 64.1 Å². The van der Waals surface area contributed by atoms with Crippen molar-refractivity contribution in [2.75, 3.05) is 19.5 Å². The Kier molecular flexibility index (Phi) is 4.48. The lowest BCUT2D eigenvalue weighted by Crippen LogP contribution is -2.22. The van der Waals surface area contributed by atoms with Crippen LogP contribution >= 0.6 is 11.3 Å². The zero-order chi connectivity index (χ0) is 19.8. The van der Waals surface area contributed by atoms with Crippen LogP contribution in [0.3, 0.4) is 0 Å². The third kappa shape index (κ3) is 2.97. The van der Waals surface area contributed by atoms with E-state index in [9.17, 15) is 9.59 Å². The fraction of sp³-hybridized carbons (Fsp3) is 0.150. The van der Waals surface area contributed by atoms with E-state index in [0.29, 0.717) is 22.0 Å². The first kappa shape index (κ1) is 18.0. The van der Waals surface area contributed by atoms with Crippen molar-refractivity contribution in [2.24, 2.45) is 0 Å². The minimum atomic E-state index is -0.435. The standard InChI is InChI=1S/C20H17N3O4S/c1-11-4-6-14-17(8-11)28-20-21-10-13(19(25)23(14)20)22-18(24)12-5-7-15(26-2)16(9-12)27-3/h4-10H,1-3H3,(H,22,24). The van der Waals surface area contributed by atoms with E-state index < -0.39 is 5.91 Å². The van der Waals surface area contributed by atoms with Crippen molar-refractivity contribution in [1.29, 1.82) is 0 Å². The molecule has 0 aliphatic heterocycles. The van der Waals surface area contributed by atoms with Gasteiger partial charge in [0.25, 0.3) is 11.5 Å². The normalized spacial score (nSPS) is 11.0. The Morgan fingerprint density at radius 3 is 2.64 bits per heavy atom. The van der Waals surface area contributed by atoms with Gasteiger partial charge in [0, 0.05) is 5.56 Å². The van der Waals surface area contributed by atoms with Crippen LogP contribution in [-0.2, 0) is 0 Å². The van der Waals surface area contributed by atoms with Crippen molar-refractivity contribution < 1.29 is 14.3 Å². The van der Waals surface area contributed by atoms with Crippen LogP contribution in [0, 0.1) is 6.92 Å². The number of rotatable bonds is 4. The molecule has 1 N–H and O–H groups in total. The maximum absolute atomic E-state index is 12.9. The van der Waals surface area contributed by atoms with E-state index in [4.69, 9.17) is 9.47 Å². The quantitative estimate of drug-likeness (QED) is 0.572. The van der Waals surface area contributed by atoms with Gasteiger partial charge in [-0.1, -0.05) is 17.4 Å². The third-order valence-electron chi connectivity index (χ3n) is 4.38. The van der Waals surface area contributed by atoms with Gasteiger partial charge in [-0.15, -0.1) is 0 Å². The summed E-state index contributed by atoms with van der Waals surface area (Å²) in [7, 11) is 3.01. The molecule has 0 unspecified atom stereocenters. The molecule has 28 heavy (non-hydrogen) atoms. The molecule has 0 atom stereocenters. The van der Waals surface area contributed by atoms with Gasteiger partial charge in [-0.25, -0.2) is 9.38 Å². The molecule has 0 saturated carbocycles. The van der Waals surface area contributed by atoms with E-state index in [1.807, 2.05) is 25.1 Å². The predicted octanol–water partition coefficient (Wildman–Crippen LogP) is 3.49. The highest BCUT2D eigenvalue weighted by Gasteiger charge is 2.15. The average Bonchev–Trinajstić information content (AvgIpc) is 3.07. The first-order valence-corrected chi connectivity index (χ1v) is 9.28. The van der Waals surface area contributed by atoms with Crippen LogP contribution in [0.25, 0.3) is 15.2 Å². The lowest BCUT2D eigenvalue weighted by Gasteiger charge is -2.10. The van der Waals surface area contributed by atoms with Crippen LogP contribution in [0.4, 0.5) is 5.69 Å². The zero-order valence-corrected chi connectivity index (χ0v) is 16.3. The second-order valence-electron chi connectivity index (χ2n) is 6.19. The summed E-state index contributed by atoms with van der Waals surface area (Å²) < 4.78 is 12.9. The number of methoxy groups -OCH3 is 2. The molecular formula is C20H17N3O4S. The highest BCUT2D eigenvalue weighted by atomic mass is 32.1. The maximum Gasteiger partial charge on any atom is 0.282 e. The lowest BCUT2D eigenvalue weighted by atomic mass is 10.2. The Hall–Kier alpha value is -3.39. The van der Waals surface area contributed by atoms with Crippen molar-refractivity contribution in [3.63, 3.8) is 0 Å². The molecule has 1 amide bonds. The molecule has 7 nitrogen and oxygen atoms in total. The highest BCUT2D eigenvalue weighted by Crippen LogP contribution is 2.28. The van der Waals surface area contributed by atoms with E-state index in [1.165, 1.54) is 36.2 Å². The number of carbonyl (C=O) groups excluding carboxylic acids is 1. The number of fused-ring (bicyclic) bond motifs is 3. The van der Waals surface area contributed by atoms with Gasteiger partial charge in [0.2, 0.25) is 0 Å². The molecule has 0 saturated heterocycles. The summed E-state index contributed by atoms with van der Waals surface area (Å²) in [5, 5.41) is 2.65. The molecule has 0 bridgehead atoms. The Balaban J connectivity index is 1.74. The third-order valence-corrected chi connectivity index (χ3v) is 5.40. The van der Waals surface area contributed by atoms with Gasteiger partial charge in [-0.3, -0.25) is 9.59 Å². The number of aromatic nitrogens is 2.